The molecule has 0 spiro atoms. The van der Waals surface area contributed by atoms with Gasteiger partial charge in [0, 0.05) is 19.2 Å². The molecule has 0 atom stereocenters. The first-order chi connectivity index (χ1) is 9.55. The average molecular weight is 299 g/mol. The maximum absolute atomic E-state index is 12.3. The van der Waals surface area contributed by atoms with Gasteiger partial charge in [0.05, 0.1) is 12.8 Å². The SMILES string of the molecule is COc1cccc(NS(=O)(=O)N2CCC(CN)CC2)c1. The number of hydrogen-bond donors (Lipinski definition) is 2. The molecule has 0 bridgehead atoms. The zero-order chi connectivity index (χ0) is 14.6. The zero-order valence-electron chi connectivity index (χ0n) is 11.6. The summed E-state index contributed by atoms with van der Waals surface area (Å²) in [5.41, 5.74) is 6.12. The van der Waals surface area contributed by atoms with Crippen LogP contribution in [0, 0.1) is 5.92 Å². The summed E-state index contributed by atoms with van der Waals surface area (Å²) in [6, 6.07) is 6.87. The molecule has 1 aliphatic rings. The van der Waals surface area contributed by atoms with Gasteiger partial charge in [0.2, 0.25) is 0 Å². The summed E-state index contributed by atoms with van der Waals surface area (Å²) in [7, 11) is -1.96. The van der Waals surface area contributed by atoms with Crippen LogP contribution >= 0.6 is 0 Å². The number of ether oxygens (including phenoxy) is 1. The summed E-state index contributed by atoms with van der Waals surface area (Å²) in [6.07, 6.45) is 1.63. The lowest BCUT2D eigenvalue weighted by Gasteiger charge is -2.30. The van der Waals surface area contributed by atoms with Gasteiger partial charge in [-0.05, 0) is 37.4 Å². The predicted octanol–water partition coefficient (Wildman–Crippen LogP) is 1.02. The van der Waals surface area contributed by atoms with Gasteiger partial charge in [0.15, 0.2) is 0 Å². The number of nitrogens with two attached hydrogens (primary N) is 1. The molecule has 1 aromatic rings. The van der Waals surface area contributed by atoms with Crippen molar-refractivity contribution in [1.82, 2.24) is 4.31 Å². The maximum Gasteiger partial charge on any atom is 0.301 e. The normalized spacial score (nSPS) is 17.9. The van der Waals surface area contributed by atoms with E-state index >= 15 is 0 Å². The van der Waals surface area contributed by atoms with Crippen LogP contribution in [0.1, 0.15) is 12.8 Å². The third kappa shape index (κ3) is 3.62. The van der Waals surface area contributed by atoms with E-state index in [1.165, 1.54) is 4.31 Å². The Balaban J connectivity index is 2.03. The Bertz CT molecular complexity index is 540. The van der Waals surface area contributed by atoms with Crippen molar-refractivity contribution in [2.24, 2.45) is 11.7 Å². The van der Waals surface area contributed by atoms with Gasteiger partial charge in [0.1, 0.15) is 5.75 Å². The third-order valence-electron chi connectivity index (χ3n) is 3.56. The van der Waals surface area contributed by atoms with Gasteiger partial charge in [-0.25, -0.2) is 0 Å². The molecular weight excluding hydrogens is 278 g/mol. The van der Waals surface area contributed by atoms with E-state index in [1.807, 2.05) is 0 Å². The molecule has 20 heavy (non-hydrogen) atoms. The minimum absolute atomic E-state index is 0.429. The second kappa shape index (κ2) is 6.43. The molecule has 0 saturated carbocycles. The average Bonchev–Trinajstić information content (AvgIpc) is 2.47. The first-order valence-corrected chi connectivity index (χ1v) is 8.11. The van der Waals surface area contributed by atoms with Crippen LogP contribution in [-0.4, -0.2) is 39.5 Å². The zero-order valence-corrected chi connectivity index (χ0v) is 12.4. The standard InChI is InChI=1S/C13H21N3O3S/c1-19-13-4-2-3-12(9-13)15-20(17,18)16-7-5-11(10-14)6-8-16/h2-4,9,11,15H,5-8,10,14H2,1H3. The predicted molar refractivity (Wildman–Crippen MR) is 78.9 cm³/mol. The van der Waals surface area contributed by atoms with E-state index in [9.17, 15) is 8.42 Å². The molecule has 0 aliphatic carbocycles. The first kappa shape index (κ1) is 15.1. The Morgan fingerprint density at radius 3 is 2.70 bits per heavy atom. The minimum Gasteiger partial charge on any atom is -0.497 e. The van der Waals surface area contributed by atoms with Gasteiger partial charge < -0.3 is 10.5 Å². The summed E-state index contributed by atoms with van der Waals surface area (Å²) in [5, 5.41) is 0. The highest BCUT2D eigenvalue weighted by Crippen LogP contribution is 2.22. The van der Waals surface area contributed by atoms with E-state index in [2.05, 4.69) is 4.72 Å². The van der Waals surface area contributed by atoms with Crippen molar-refractivity contribution in [2.45, 2.75) is 12.8 Å². The molecule has 1 fully saturated rings. The van der Waals surface area contributed by atoms with E-state index < -0.39 is 10.2 Å². The van der Waals surface area contributed by atoms with E-state index in [0.717, 1.165) is 12.8 Å². The van der Waals surface area contributed by atoms with E-state index in [1.54, 1.807) is 31.4 Å². The molecule has 3 N–H and O–H groups in total. The second-order valence-corrected chi connectivity index (χ2v) is 6.59. The van der Waals surface area contributed by atoms with Crippen LogP contribution in [-0.2, 0) is 10.2 Å². The number of rotatable bonds is 5. The van der Waals surface area contributed by atoms with Crippen molar-refractivity contribution in [3.05, 3.63) is 24.3 Å². The molecule has 1 aromatic carbocycles. The Kier molecular flexibility index (Phi) is 4.85. The summed E-state index contributed by atoms with van der Waals surface area (Å²) in [4.78, 5) is 0. The van der Waals surface area contributed by atoms with Crippen LogP contribution in [0.4, 0.5) is 5.69 Å². The molecule has 0 amide bonds. The smallest absolute Gasteiger partial charge is 0.301 e. The Labute approximate surface area is 120 Å². The van der Waals surface area contributed by atoms with Crippen LogP contribution in [0.25, 0.3) is 0 Å². The molecule has 7 heteroatoms. The van der Waals surface area contributed by atoms with Crippen molar-refractivity contribution >= 4 is 15.9 Å². The quantitative estimate of drug-likeness (QED) is 0.850. The van der Waals surface area contributed by atoms with Gasteiger partial charge in [-0.1, -0.05) is 6.07 Å². The fourth-order valence-corrected chi connectivity index (χ4v) is 3.53. The van der Waals surface area contributed by atoms with E-state index in [4.69, 9.17) is 10.5 Å². The summed E-state index contributed by atoms with van der Waals surface area (Å²) < 4.78 is 33.7. The molecule has 112 valence electrons. The van der Waals surface area contributed by atoms with Crippen LogP contribution < -0.4 is 15.2 Å². The lowest BCUT2D eigenvalue weighted by atomic mass is 9.99. The number of piperidine rings is 1. The molecule has 1 saturated heterocycles. The number of nitrogens with one attached hydrogen (secondary N) is 1. The number of anilines is 1. The minimum atomic E-state index is -3.51. The van der Waals surface area contributed by atoms with Crippen LogP contribution in [0.2, 0.25) is 0 Å². The van der Waals surface area contributed by atoms with E-state index in [0.29, 0.717) is 37.0 Å². The Hall–Kier alpha value is -1.31. The number of methoxy groups -OCH3 is 1. The Morgan fingerprint density at radius 2 is 2.10 bits per heavy atom. The third-order valence-corrected chi connectivity index (χ3v) is 5.10. The van der Waals surface area contributed by atoms with E-state index in [-0.39, 0.29) is 0 Å². The number of hydrogen-bond acceptors (Lipinski definition) is 4. The van der Waals surface area contributed by atoms with Crippen LogP contribution in [0.5, 0.6) is 5.75 Å². The molecule has 1 heterocycles. The molecule has 0 radical (unpaired) electrons. The van der Waals surface area contributed by atoms with Gasteiger partial charge in [0.25, 0.3) is 0 Å². The lowest BCUT2D eigenvalue weighted by molar-refractivity contribution is 0.280. The summed E-state index contributed by atoms with van der Waals surface area (Å²) >= 11 is 0. The molecule has 0 aromatic heterocycles. The van der Waals surface area contributed by atoms with Crippen molar-refractivity contribution in [1.29, 1.82) is 0 Å². The highest BCUT2D eigenvalue weighted by atomic mass is 32.2. The van der Waals surface area contributed by atoms with Gasteiger partial charge in [-0.3, -0.25) is 4.72 Å². The van der Waals surface area contributed by atoms with Gasteiger partial charge in [-0.2, -0.15) is 12.7 Å². The summed E-state index contributed by atoms with van der Waals surface area (Å²) in [6.45, 7) is 1.65. The molecule has 1 aliphatic heterocycles. The fraction of sp³-hybridized carbons (Fsp3) is 0.538. The first-order valence-electron chi connectivity index (χ1n) is 6.67. The monoisotopic (exact) mass is 299 g/mol. The molecular formula is C13H21N3O3S. The largest absolute Gasteiger partial charge is 0.497 e. The Morgan fingerprint density at radius 1 is 1.40 bits per heavy atom. The second-order valence-electron chi connectivity index (χ2n) is 4.92. The number of benzene rings is 1. The van der Waals surface area contributed by atoms with Crippen molar-refractivity contribution < 1.29 is 13.2 Å². The highest BCUT2D eigenvalue weighted by molar-refractivity contribution is 7.90. The lowest BCUT2D eigenvalue weighted by Crippen LogP contribution is -2.42. The molecule has 2 rings (SSSR count). The van der Waals surface area contributed by atoms with Crippen molar-refractivity contribution in [3.8, 4) is 5.75 Å². The van der Waals surface area contributed by atoms with Crippen molar-refractivity contribution in [2.75, 3.05) is 31.5 Å². The van der Waals surface area contributed by atoms with Crippen LogP contribution in [0.3, 0.4) is 0 Å². The van der Waals surface area contributed by atoms with Gasteiger partial charge in [-0.15, -0.1) is 0 Å². The number of nitrogens with zero attached hydrogens (tertiary/aromatic N) is 1. The van der Waals surface area contributed by atoms with Gasteiger partial charge >= 0.3 is 10.2 Å². The maximum atomic E-state index is 12.3. The molecule has 6 nitrogen and oxygen atoms in total. The topological polar surface area (TPSA) is 84.7 Å². The molecule has 0 unspecified atom stereocenters. The van der Waals surface area contributed by atoms with Crippen LogP contribution in [0.15, 0.2) is 24.3 Å². The fourth-order valence-electron chi connectivity index (χ4n) is 2.29. The highest BCUT2D eigenvalue weighted by Gasteiger charge is 2.27. The van der Waals surface area contributed by atoms with Crippen molar-refractivity contribution in [3.63, 3.8) is 0 Å². The summed E-state index contributed by atoms with van der Waals surface area (Å²) in [5.74, 6) is 1.05.